The average molecular weight is 191 g/mol. The van der Waals surface area contributed by atoms with Gasteiger partial charge in [-0.2, -0.15) is 0 Å². The van der Waals surface area contributed by atoms with Crippen LogP contribution in [0.15, 0.2) is 4.99 Å². The first-order valence-corrected chi connectivity index (χ1v) is 4.80. The van der Waals surface area contributed by atoms with Crippen molar-refractivity contribution in [2.24, 2.45) is 4.99 Å². The van der Waals surface area contributed by atoms with Crippen molar-refractivity contribution in [2.45, 2.75) is 13.3 Å². The molecule has 0 N–H and O–H groups in total. The monoisotopic (exact) mass is 191 g/mol. The smallest absolute Gasteiger partial charge is 0.437 e. The summed E-state index contributed by atoms with van der Waals surface area (Å²) in [4.78, 5) is 14.2. The maximum absolute atomic E-state index is 10.6. The molecule has 0 aliphatic heterocycles. The second kappa shape index (κ2) is 6.97. The Morgan fingerprint density at radius 2 is 2.25 bits per heavy atom. The Labute approximate surface area is 76.3 Å². The number of nitrogens with zero attached hydrogens (tertiary/aromatic N) is 1. The Bertz CT molecular complexity index is 170. The molecule has 0 radical (unpaired) electrons. The van der Waals surface area contributed by atoms with Crippen molar-refractivity contribution in [3.05, 3.63) is 0 Å². The molecule has 0 unspecified atom stereocenters. The van der Waals surface area contributed by atoms with Gasteiger partial charge in [0.15, 0.2) is 0 Å². The molecule has 12 heavy (non-hydrogen) atoms. The topological polar surface area (TPSA) is 47.9 Å². The van der Waals surface area contributed by atoms with Gasteiger partial charge in [0.2, 0.25) is 0 Å². The highest BCUT2D eigenvalue weighted by Gasteiger charge is 2.02. The molecular weight excluding hydrogens is 178 g/mol. The third-order valence-electron chi connectivity index (χ3n) is 0.961. The fourth-order valence-corrected chi connectivity index (χ4v) is 0.813. The molecule has 0 aliphatic rings. The Morgan fingerprint density at radius 1 is 1.58 bits per heavy atom. The summed E-state index contributed by atoms with van der Waals surface area (Å²) in [6.07, 6.45) is 2.05. The number of rotatable bonds is 2. The Kier molecular flexibility index (Phi) is 6.55. The first kappa shape index (κ1) is 11.3. The van der Waals surface area contributed by atoms with Crippen LogP contribution >= 0.6 is 11.8 Å². The second-order valence-corrected chi connectivity index (χ2v) is 2.66. The zero-order valence-electron chi connectivity index (χ0n) is 7.49. The minimum Gasteiger partial charge on any atom is -0.473 e. The van der Waals surface area contributed by atoms with Crippen molar-refractivity contribution in [2.75, 3.05) is 20.0 Å². The van der Waals surface area contributed by atoms with Crippen molar-refractivity contribution < 1.29 is 14.3 Å². The van der Waals surface area contributed by atoms with E-state index in [1.807, 2.05) is 6.92 Å². The molecule has 5 heteroatoms. The van der Waals surface area contributed by atoms with Crippen LogP contribution in [0.1, 0.15) is 13.3 Å². The van der Waals surface area contributed by atoms with E-state index in [4.69, 9.17) is 4.74 Å². The van der Waals surface area contributed by atoms with Gasteiger partial charge in [0, 0.05) is 0 Å². The third-order valence-corrected chi connectivity index (χ3v) is 1.52. The van der Waals surface area contributed by atoms with Gasteiger partial charge in [-0.05, 0) is 12.7 Å². The molecule has 0 saturated heterocycles. The number of methoxy groups -OCH3 is 1. The van der Waals surface area contributed by atoms with Crippen molar-refractivity contribution in [3.8, 4) is 0 Å². The number of hydrogen-bond acceptors (Lipinski definition) is 4. The molecule has 0 aromatic rings. The third kappa shape index (κ3) is 5.01. The highest BCUT2D eigenvalue weighted by Crippen LogP contribution is 2.01. The second-order valence-electron chi connectivity index (χ2n) is 1.90. The largest absolute Gasteiger partial charge is 0.473 e. The fourth-order valence-electron chi connectivity index (χ4n) is 0.446. The van der Waals surface area contributed by atoms with E-state index in [-0.39, 0.29) is 0 Å². The minimum atomic E-state index is -0.629. The molecule has 0 fully saturated rings. The van der Waals surface area contributed by atoms with E-state index in [0.29, 0.717) is 11.8 Å². The van der Waals surface area contributed by atoms with Gasteiger partial charge in [-0.1, -0.05) is 18.7 Å². The lowest BCUT2D eigenvalue weighted by Crippen LogP contribution is -2.05. The number of carbonyl (C=O) groups is 1. The summed E-state index contributed by atoms with van der Waals surface area (Å²) < 4.78 is 9.47. The van der Waals surface area contributed by atoms with Crippen molar-refractivity contribution in [1.29, 1.82) is 0 Å². The van der Waals surface area contributed by atoms with Crippen molar-refractivity contribution in [1.82, 2.24) is 0 Å². The van der Waals surface area contributed by atoms with E-state index in [0.717, 1.165) is 6.42 Å². The molecule has 70 valence electrons. The van der Waals surface area contributed by atoms with Crippen molar-refractivity contribution >= 4 is 23.1 Å². The number of aliphatic imine (C=N–C) groups is 1. The fraction of sp³-hybridized carbons (Fsp3) is 0.714. The summed E-state index contributed by atoms with van der Waals surface area (Å²) in [6.45, 7) is 2.55. The van der Waals surface area contributed by atoms with Crippen LogP contribution in [0.2, 0.25) is 0 Å². The van der Waals surface area contributed by atoms with Gasteiger partial charge in [0.1, 0.15) is 0 Å². The van der Waals surface area contributed by atoms with E-state index in [1.165, 1.54) is 18.9 Å². The van der Waals surface area contributed by atoms with Crippen LogP contribution in [-0.4, -0.2) is 31.3 Å². The molecule has 0 saturated carbocycles. The van der Waals surface area contributed by atoms with Gasteiger partial charge < -0.3 is 9.47 Å². The molecule has 0 aromatic carbocycles. The molecule has 0 aliphatic carbocycles. The average Bonchev–Trinajstić information content (AvgIpc) is 2.11. The molecule has 1 amide bonds. The van der Waals surface area contributed by atoms with E-state index in [2.05, 4.69) is 9.73 Å². The van der Waals surface area contributed by atoms with Gasteiger partial charge in [0.05, 0.1) is 13.7 Å². The summed E-state index contributed by atoms with van der Waals surface area (Å²) in [5, 5.41) is 0.351. The first-order chi connectivity index (χ1) is 5.74. The molecule has 4 nitrogen and oxygen atoms in total. The lowest BCUT2D eigenvalue weighted by atomic mass is 10.5. The highest BCUT2D eigenvalue weighted by molar-refractivity contribution is 8.13. The zero-order valence-corrected chi connectivity index (χ0v) is 8.31. The molecular formula is C7H13NO3S. The van der Waals surface area contributed by atoms with Crippen LogP contribution in [0.5, 0.6) is 0 Å². The predicted molar refractivity (Wildman–Crippen MR) is 49.6 cm³/mol. The Balaban J connectivity index is 3.94. The number of carbonyl (C=O) groups excluding carboxylic acids is 1. The molecule has 0 heterocycles. The lowest BCUT2D eigenvalue weighted by Gasteiger charge is -2.03. The molecule has 0 aromatic heterocycles. The molecule has 0 bridgehead atoms. The summed E-state index contributed by atoms with van der Waals surface area (Å²) in [7, 11) is 1.28. The summed E-state index contributed by atoms with van der Waals surface area (Å²) in [5.41, 5.74) is 0. The standard InChI is InChI=1S/C7H13NO3S/c1-4-5-11-7(12-3)8-6(9)10-2/h4-5H2,1-3H3. The van der Waals surface area contributed by atoms with E-state index in [9.17, 15) is 4.79 Å². The van der Waals surface area contributed by atoms with Gasteiger partial charge in [0.25, 0.3) is 5.23 Å². The number of hydrogen-bond donors (Lipinski definition) is 0. The van der Waals surface area contributed by atoms with E-state index >= 15 is 0 Å². The Hall–Kier alpha value is -0.710. The normalized spacial score (nSPS) is 11.1. The van der Waals surface area contributed by atoms with Gasteiger partial charge in [-0.15, -0.1) is 4.99 Å². The molecule has 0 atom stereocenters. The Morgan fingerprint density at radius 3 is 2.67 bits per heavy atom. The summed E-state index contributed by atoms with van der Waals surface area (Å²) in [5.74, 6) is 0. The van der Waals surface area contributed by atoms with Gasteiger partial charge >= 0.3 is 6.09 Å². The maximum atomic E-state index is 10.6. The van der Waals surface area contributed by atoms with Crippen LogP contribution < -0.4 is 0 Å². The van der Waals surface area contributed by atoms with E-state index < -0.39 is 6.09 Å². The zero-order chi connectivity index (χ0) is 9.40. The van der Waals surface area contributed by atoms with Crippen LogP contribution in [-0.2, 0) is 9.47 Å². The van der Waals surface area contributed by atoms with Crippen LogP contribution in [0.3, 0.4) is 0 Å². The molecule has 0 rings (SSSR count). The first-order valence-electron chi connectivity index (χ1n) is 3.58. The van der Waals surface area contributed by atoms with E-state index in [1.54, 1.807) is 6.26 Å². The summed E-state index contributed by atoms with van der Waals surface area (Å²) >= 11 is 1.28. The number of ether oxygens (including phenoxy) is 2. The maximum Gasteiger partial charge on any atom is 0.437 e. The number of thioether (sulfide) groups is 1. The van der Waals surface area contributed by atoms with Gasteiger partial charge in [-0.3, -0.25) is 0 Å². The number of amides is 1. The highest BCUT2D eigenvalue weighted by atomic mass is 32.2. The van der Waals surface area contributed by atoms with Crippen LogP contribution in [0, 0.1) is 0 Å². The molecule has 0 spiro atoms. The quantitative estimate of drug-likeness (QED) is 0.494. The van der Waals surface area contributed by atoms with Crippen molar-refractivity contribution in [3.63, 3.8) is 0 Å². The minimum absolute atomic E-state index is 0.351. The van der Waals surface area contributed by atoms with Crippen LogP contribution in [0.4, 0.5) is 4.79 Å². The lowest BCUT2D eigenvalue weighted by molar-refractivity contribution is 0.181. The van der Waals surface area contributed by atoms with Crippen LogP contribution in [0.25, 0.3) is 0 Å². The SMILES string of the molecule is CCCOC(=NC(=O)OC)SC. The van der Waals surface area contributed by atoms with Gasteiger partial charge in [-0.25, -0.2) is 4.79 Å². The summed E-state index contributed by atoms with van der Waals surface area (Å²) in [6, 6.07) is 0. The predicted octanol–water partition coefficient (Wildman–Crippen LogP) is 1.90.